The Morgan fingerprint density at radius 3 is 2.34 bits per heavy atom. The highest BCUT2D eigenvalue weighted by Gasteiger charge is 2.37. The molecule has 0 atom stereocenters. The number of fused-ring (bicyclic) bond motifs is 1. The predicted octanol–water partition coefficient (Wildman–Crippen LogP) is 5.12. The molecule has 12 heteroatoms. The standard InChI is InChI=1S/C23H23Cl4N3O4S/c1-3-15-14-30(19-12-16(24)4-6-18(15)19)35(32,33)17-5-7-21(34-2)20(13-17)28-8-10-29(11-9-28)22(31)23(25,26)27/h4-7,12-14H,3,8-11H2,1-2H3. The van der Waals surface area contributed by atoms with Crippen LogP contribution in [0.4, 0.5) is 5.69 Å². The molecule has 4 rings (SSSR count). The number of ether oxygens (including phenoxy) is 1. The molecule has 7 nitrogen and oxygen atoms in total. The van der Waals surface area contributed by atoms with Crippen LogP contribution in [0.2, 0.25) is 5.02 Å². The van der Waals surface area contributed by atoms with Crippen LogP contribution < -0.4 is 9.64 Å². The number of carbonyl (C=O) groups excluding carboxylic acids is 1. The van der Waals surface area contributed by atoms with Crippen molar-refractivity contribution in [1.82, 2.24) is 8.87 Å². The van der Waals surface area contributed by atoms with Crippen molar-refractivity contribution in [2.45, 2.75) is 22.0 Å². The van der Waals surface area contributed by atoms with Gasteiger partial charge in [0, 0.05) is 42.8 Å². The zero-order valence-corrected chi connectivity index (χ0v) is 22.8. The van der Waals surface area contributed by atoms with Gasteiger partial charge in [-0.3, -0.25) is 4.79 Å². The van der Waals surface area contributed by atoms with Gasteiger partial charge in [0.15, 0.2) is 0 Å². The third-order valence-corrected chi connectivity index (χ3v) is 8.44. The van der Waals surface area contributed by atoms with E-state index in [1.54, 1.807) is 30.5 Å². The van der Waals surface area contributed by atoms with Gasteiger partial charge < -0.3 is 14.5 Å². The SMILES string of the molecule is CCc1cn(S(=O)(=O)c2ccc(OC)c(N3CCN(C(=O)C(Cl)(Cl)Cl)CC3)c2)c2cc(Cl)ccc12. The van der Waals surface area contributed by atoms with Crippen molar-refractivity contribution < 1.29 is 17.9 Å². The first-order valence-electron chi connectivity index (χ1n) is 10.8. The first-order valence-corrected chi connectivity index (χ1v) is 13.8. The monoisotopic (exact) mass is 577 g/mol. The maximum atomic E-state index is 13.7. The van der Waals surface area contributed by atoms with E-state index >= 15 is 0 Å². The van der Waals surface area contributed by atoms with Gasteiger partial charge in [-0.25, -0.2) is 12.4 Å². The van der Waals surface area contributed by atoms with E-state index in [4.69, 9.17) is 51.1 Å². The van der Waals surface area contributed by atoms with Crippen molar-refractivity contribution in [3.05, 3.63) is 53.2 Å². The third-order valence-electron chi connectivity index (χ3n) is 6.05. The zero-order chi connectivity index (χ0) is 25.5. The van der Waals surface area contributed by atoms with Crippen LogP contribution in [-0.2, 0) is 21.2 Å². The Morgan fingerprint density at radius 1 is 1.06 bits per heavy atom. The van der Waals surface area contributed by atoms with E-state index in [0.717, 1.165) is 10.9 Å². The number of benzene rings is 2. The Bertz CT molecular complexity index is 1380. The average molecular weight is 579 g/mol. The Labute approximate surface area is 224 Å². The Kier molecular flexibility index (Phi) is 7.42. The number of aromatic nitrogens is 1. The molecule has 0 spiro atoms. The number of anilines is 1. The summed E-state index contributed by atoms with van der Waals surface area (Å²) in [6, 6.07) is 9.96. The smallest absolute Gasteiger partial charge is 0.274 e. The third kappa shape index (κ3) is 5.04. The fourth-order valence-corrected chi connectivity index (χ4v) is 6.17. The van der Waals surface area contributed by atoms with Gasteiger partial charge in [-0.05, 0) is 42.3 Å². The number of halogens is 4. The highest BCUT2D eigenvalue weighted by molar-refractivity contribution is 7.90. The summed E-state index contributed by atoms with van der Waals surface area (Å²) < 4.78 is 32.2. The first-order chi connectivity index (χ1) is 16.5. The fourth-order valence-electron chi connectivity index (χ4n) is 4.24. The minimum absolute atomic E-state index is 0.104. The van der Waals surface area contributed by atoms with Crippen molar-refractivity contribution in [2.24, 2.45) is 0 Å². The van der Waals surface area contributed by atoms with E-state index in [2.05, 4.69) is 0 Å². The number of alkyl halides is 3. The average Bonchev–Trinajstić information content (AvgIpc) is 3.21. The molecule has 0 radical (unpaired) electrons. The number of aryl methyl sites for hydroxylation is 1. The lowest BCUT2D eigenvalue weighted by molar-refractivity contribution is -0.130. The number of methoxy groups -OCH3 is 1. The summed E-state index contributed by atoms with van der Waals surface area (Å²) in [5.74, 6) is -0.0740. The number of piperazine rings is 1. The lowest BCUT2D eigenvalue weighted by atomic mass is 10.1. The van der Waals surface area contributed by atoms with Crippen molar-refractivity contribution in [1.29, 1.82) is 0 Å². The first kappa shape index (κ1) is 26.2. The molecule has 35 heavy (non-hydrogen) atoms. The lowest BCUT2D eigenvalue weighted by Crippen LogP contribution is -2.51. The zero-order valence-electron chi connectivity index (χ0n) is 19.0. The summed E-state index contributed by atoms with van der Waals surface area (Å²) >= 11 is 23.4. The number of rotatable bonds is 5. The highest BCUT2D eigenvalue weighted by Crippen LogP contribution is 2.35. The summed E-state index contributed by atoms with van der Waals surface area (Å²) in [5.41, 5.74) is 2.02. The summed E-state index contributed by atoms with van der Waals surface area (Å²) in [5, 5.41) is 1.29. The number of hydrogen-bond acceptors (Lipinski definition) is 5. The largest absolute Gasteiger partial charge is 0.495 e. The molecule has 1 amide bonds. The molecule has 1 fully saturated rings. The molecule has 1 aliphatic heterocycles. The Balaban J connectivity index is 1.70. The summed E-state index contributed by atoms with van der Waals surface area (Å²) in [4.78, 5) is 15.8. The molecule has 2 aromatic carbocycles. The number of nitrogens with zero attached hydrogens (tertiary/aromatic N) is 3. The minimum Gasteiger partial charge on any atom is -0.495 e. The summed E-state index contributed by atoms with van der Waals surface area (Å²) in [6.07, 6.45) is 2.31. The summed E-state index contributed by atoms with van der Waals surface area (Å²) in [6.45, 7) is 3.42. The number of hydrogen-bond donors (Lipinski definition) is 0. The minimum atomic E-state index is -3.94. The normalized spacial score (nSPS) is 15.0. The lowest BCUT2D eigenvalue weighted by Gasteiger charge is -2.37. The fraction of sp³-hybridized carbons (Fsp3) is 0.348. The molecule has 0 aliphatic carbocycles. The number of carbonyl (C=O) groups is 1. The molecule has 3 aromatic rings. The van der Waals surface area contributed by atoms with E-state index < -0.39 is 19.7 Å². The molecule has 0 saturated carbocycles. The van der Waals surface area contributed by atoms with Gasteiger partial charge >= 0.3 is 0 Å². The van der Waals surface area contributed by atoms with Crippen LogP contribution in [0.1, 0.15) is 12.5 Å². The van der Waals surface area contributed by atoms with Gasteiger partial charge in [0.1, 0.15) is 5.75 Å². The van der Waals surface area contributed by atoms with Gasteiger partial charge in [0.05, 0.1) is 23.2 Å². The maximum Gasteiger partial charge on any atom is 0.274 e. The van der Waals surface area contributed by atoms with Crippen molar-refractivity contribution in [2.75, 3.05) is 38.2 Å². The number of amides is 1. The van der Waals surface area contributed by atoms with E-state index in [9.17, 15) is 13.2 Å². The van der Waals surface area contributed by atoms with Crippen molar-refractivity contribution in [3.8, 4) is 5.75 Å². The van der Waals surface area contributed by atoms with Gasteiger partial charge in [-0.15, -0.1) is 0 Å². The van der Waals surface area contributed by atoms with Crippen molar-refractivity contribution >= 4 is 78.9 Å². The molecular formula is C23H23Cl4N3O4S. The second-order valence-electron chi connectivity index (χ2n) is 8.08. The Morgan fingerprint density at radius 2 is 1.74 bits per heavy atom. The predicted molar refractivity (Wildman–Crippen MR) is 141 cm³/mol. The van der Waals surface area contributed by atoms with Gasteiger partial charge in [0.2, 0.25) is 0 Å². The van der Waals surface area contributed by atoms with Crippen LogP contribution in [0.15, 0.2) is 47.5 Å². The van der Waals surface area contributed by atoms with Crippen LogP contribution in [0.5, 0.6) is 5.75 Å². The Hall–Kier alpha value is -1.84. The van der Waals surface area contributed by atoms with Gasteiger partial charge in [0.25, 0.3) is 19.7 Å². The second kappa shape index (κ2) is 9.90. The molecule has 2 heterocycles. The van der Waals surface area contributed by atoms with Crippen LogP contribution in [0.3, 0.4) is 0 Å². The highest BCUT2D eigenvalue weighted by atomic mass is 35.6. The van der Waals surface area contributed by atoms with Crippen LogP contribution >= 0.6 is 46.4 Å². The molecule has 1 aromatic heterocycles. The molecule has 1 saturated heterocycles. The van der Waals surface area contributed by atoms with Crippen LogP contribution in [-0.4, -0.2) is 60.3 Å². The molecule has 0 bridgehead atoms. The quantitative estimate of drug-likeness (QED) is 0.393. The van der Waals surface area contributed by atoms with E-state index in [-0.39, 0.29) is 4.90 Å². The van der Waals surface area contributed by atoms with E-state index in [1.807, 2.05) is 17.9 Å². The molecule has 188 valence electrons. The van der Waals surface area contributed by atoms with E-state index in [1.165, 1.54) is 22.0 Å². The topological polar surface area (TPSA) is 71.8 Å². The van der Waals surface area contributed by atoms with Gasteiger partial charge in [-0.2, -0.15) is 0 Å². The van der Waals surface area contributed by atoms with Gasteiger partial charge in [-0.1, -0.05) is 59.4 Å². The summed E-state index contributed by atoms with van der Waals surface area (Å²) in [7, 11) is -2.42. The molecular weight excluding hydrogens is 556 g/mol. The molecule has 1 aliphatic rings. The maximum absolute atomic E-state index is 13.7. The second-order valence-corrected chi connectivity index (χ2v) is 12.6. The van der Waals surface area contributed by atoms with Crippen LogP contribution in [0, 0.1) is 0 Å². The van der Waals surface area contributed by atoms with Crippen molar-refractivity contribution in [3.63, 3.8) is 0 Å². The van der Waals surface area contributed by atoms with E-state index in [0.29, 0.717) is 54.6 Å². The van der Waals surface area contributed by atoms with Crippen LogP contribution in [0.25, 0.3) is 10.9 Å². The molecule has 0 N–H and O–H groups in total. The molecule has 0 unspecified atom stereocenters.